The molecule has 0 aliphatic rings. The van der Waals surface area contributed by atoms with Gasteiger partial charge in [0.25, 0.3) is 5.96 Å². The third kappa shape index (κ3) is 6.38. The number of hydrogen-bond donors (Lipinski definition) is 5. The topological polar surface area (TPSA) is 169 Å². The molecule has 0 aliphatic carbocycles. The minimum atomic E-state index is -1.16. The van der Waals surface area contributed by atoms with E-state index >= 15 is 0 Å². The first-order valence-electron chi connectivity index (χ1n) is 6.50. The molecule has 0 bridgehead atoms. The summed E-state index contributed by atoms with van der Waals surface area (Å²) < 4.78 is 0. The van der Waals surface area contributed by atoms with Crippen LogP contribution in [0.1, 0.15) is 5.56 Å². The van der Waals surface area contributed by atoms with E-state index in [0.717, 1.165) is 11.3 Å². The second-order valence-electron chi connectivity index (χ2n) is 4.54. The molecule has 24 heavy (non-hydrogen) atoms. The van der Waals surface area contributed by atoms with Gasteiger partial charge < -0.3 is 10.6 Å². The van der Waals surface area contributed by atoms with Gasteiger partial charge in [-0.15, -0.1) is 15.6 Å². The van der Waals surface area contributed by atoms with E-state index < -0.39 is 22.8 Å². The number of nitrogens with one attached hydrogen (secondary N) is 4. The fraction of sp³-hybridized carbons (Fsp3) is 0.167. The van der Waals surface area contributed by atoms with Crippen molar-refractivity contribution in [1.82, 2.24) is 16.3 Å². The lowest BCUT2D eigenvalue weighted by atomic mass is 10.2. The molecule has 0 unspecified atom stereocenters. The van der Waals surface area contributed by atoms with Crippen LogP contribution in [0.5, 0.6) is 0 Å². The molecule has 0 atom stereocenters. The van der Waals surface area contributed by atoms with Gasteiger partial charge >= 0.3 is 11.8 Å². The van der Waals surface area contributed by atoms with E-state index in [0.29, 0.717) is 0 Å². The van der Waals surface area contributed by atoms with Crippen molar-refractivity contribution in [2.75, 3.05) is 19.0 Å². The minimum Gasteiger partial charge on any atom is -0.378 e. The number of hydrogen-bond acceptors (Lipinski definition) is 6. The van der Waals surface area contributed by atoms with Crippen molar-refractivity contribution >= 4 is 29.7 Å². The Kier molecular flexibility index (Phi) is 6.63. The summed E-state index contributed by atoms with van der Waals surface area (Å²) in [6, 6.07) is 7.37. The van der Waals surface area contributed by atoms with Gasteiger partial charge in [-0.3, -0.25) is 9.59 Å². The Morgan fingerprint density at radius 1 is 1.29 bits per heavy atom. The van der Waals surface area contributed by atoms with Gasteiger partial charge in [0.05, 0.1) is 0 Å². The number of benzene rings is 1. The van der Waals surface area contributed by atoms with E-state index in [-0.39, 0.29) is 0 Å². The molecule has 1 rings (SSSR count). The van der Waals surface area contributed by atoms with E-state index in [1.54, 1.807) is 5.43 Å². The maximum atomic E-state index is 11.4. The Hall–Kier alpha value is -3.70. The van der Waals surface area contributed by atoms with Crippen molar-refractivity contribution in [1.29, 1.82) is 0 Å². The number of rotatable bonds is 5. The molecule has 6 N–H and O–H groups in total. The third-order valence-electron chi connectivity index (χ3n) is 2.52. The van der Waals surface area contributed by atoms with E-state index in [1.165, 1.54) is 11.6 Å². The summed E-state index contributed by atoms with van der Waals surface area (Å²) >= 11 is 0. The number of carbonyl (C=O) groups is 2. The average molecular weight is 337 g/mol. The number of nitro groups is 1. The van der Waals surface area contributed by atoms with Gasteiger partial charge in [0, 0.05) is 25.3 Å². The number of guanidine groups is 1. The monoisotopic (exact) mass is 337 g/mol. The van der Waals surface area contributed by atoms with E-state index in [4.69, 9.17) is 5.73 Å². The van der Waals surface area contributed by atoms with E-state index in [1.807, 2.05) is 43.3 Å². The number of nitrogens with two attached hydrogens (primary N) is 1. The van der Waals surface area contributed by atoms with Crippen molar-refractivity contribution in [2.24, 2.45) is 10.8 Å². The van der Waals surface area contributed by atoms with E-state index in [2.05, 4.69) is 15.6 Å². The van der Waals surface area contributed by atoms with Crippen LogP contribution in [0.15, 0.2) is 29.4 Å². The van der Waals surface area contributed by atoms with Gasteiger partial charge in [0.1, 0.15) is 0 Å². The van der Waals surface area contributed by atoms with E-state index in [9.17, 15) is 19.7 Å². The van der Waals surface area contributed by atoms with Gasteiger partial charge in [0.2, 0.25) is 0 Å². The van der Waals surface area contributed by atoms with Gasteiger partial charge in [-0.2, -0.15) is 0 Å². The molecule has 1 aromatic rings. The van der Waals surface area contributed by atoms with Crippen molar-refractivity contribution < 1.29 is 19.7 Å². The summed E-state index contributed by atoms with van der Waals surface area (Å²) in [6.45, 7) is 0. The molecule has 0 saturated carbocycles. The lowest BCUT2D eigenvalue weighted by molar-refractivity contribution is -0.525. The molecular weight excluding hydrogens is 320 g/mol. The lowest BCUT2D eigenvalue weighted by Crippen LogP contribution is -2.82. The molecular formula is C12H17N8O4+. The Labute approximate surface area is 136 Å². The third-order valence-corrected chi connectivity index (χ3v) is 2.52. The smallest absolute Gasteiger partial charge is 0.364 e. The summed E-state index contributed by atoms with van der Waals surface area (Å²) in [5.41, 5.74) is 12.2. The minimum absolute atomic E-state index is 0.679. The summed E-state index contributed by atoms with van der Waals surface area (Å²) in [5.74, 6) is -2.90. The number of amides is 2. The van der Waals surface area contributed by atoms with Gasteiger partial charge in [-0.05, 0) is 24.3 Å². The van der Waals surface area contributed by atoms with Crippen LogP contribution >= 0.6 is 0 Å². The fourth-order valence-electron chi connectivity index (χ4n) is 1.39. The lowest BCUT2D eigenvalue weighted by Gasteiger charge is -2.11. The average Bonchev–Trinajstić information content (AvgIpc) is 2.52. The first-order valence-corrected chi connectivity index (χ1v) is 6.50. The van der Waals surface area contributed by atoms with Gasteiger partial charge in [-0.25, -0.2) is 15.5 Å². The fourth-order valence-corrected chi connectivity index (χ4v) is 1.39. The zero-order valence-electron chi connectivity index (χ0n) is 12.9. The molecule has 1 aromatic carbocycles. The van der Waals surface area contributed by atoms with Crippen LogP contribution < -0.4 is 32.0 Å². The maximum absolute atomic E-state index is 11.4. The predicted octanol–water partition coefficient (Wildman–Crippen LogP) is -3.59. The molecule has 2 amide bonds. The largest absolute Gasteiger partial charge is 0.378 e. The Morgan fingerprint density at radius 2 is 1.92 bits per heavy atom. The second kappa shape index (κ2) is 8.67. The molecule has 0 aliphatic heterocycles. The normalized spacial score (nSPS) is 11.0. The molecule has 0 aromatic heterocycles. The van der Waals surface area contributed by atoms with Crippen LogP contribution in [0.25, 0.3) is 0 Å². The summed E-state index contributed by atoms with van der Waals surface area (Å²) in [4.78, 5) is 34.8. The zero-order chi connectivity index (χ0) is 18.1. The molecule has 128 valence electrons. The maximum Gasteiger partial charge on any atom is 0.364 e. The number of hydrazine groups is 2. The van der Waals surface area contributed by atoms with Crippen molar-refractivity contribution in [3.05, 3.63) is 39.9 Å². The highest BCUT2D eigenvalue weighted by Gasteiger charge is 2.14. The van der Waals surface area contributed by atoms with Crippen LogP contribution in [-0.2, 0) is 9.59 Å². The number of anilines is 1. The standard InChI is InChI=1S/C12H16N8O4/c1-19(2)9-5-3-8(4-6-9)7-14-15-10(21)11(22)16-17-12(13)18-20(23)24/h3-7H,1-2H3,(H,15,21)(H,16,22)(H3,13,17,18)/p+1. The molecule has 0 fully saturated rings. The zero-order valence-corrected chi connectivity index (χ0v) is 12.9. The van der Waals surface area contributed by atoms with Crippen LogP contribution in [-0.4, -0.2) is 43.1 Å². The van der Waals surface area contributed by atoms with Crippen LogP contribution in [0.2, 0.25) is 0 Å². The molecule has 12 heteroatoms. The molecule has 0 radical (unpaired) electrons. The number of nitrogens with zero attached hydrogens (tertiary/aromatic N) is 3. The molecule has 0 saturated heterocycles. The van der Waals surface area contributed by atoms with Crippen LogP contribution in [0, 0.1) is 10.1 Å². The number of carbonyl (C=O) groups excluding carboxylic acids is 2. The van der Waals surface area contributed by atoms with Crippen molar-refractivity contribution in [2.45, 2.75) is 0 Å². The van der Waals surface area contributed by atoms with Gasteiger partial charge in [0.15, 0.2) is 11.2 Å². The quantitative estimate of drug-likeness (QED) is 0.122. The Bertz CT molecular complexity index is 668. The van der Waals surface area contributed by atoms with Crippen LogP contribution in [0.3, 0.4) is 0 Å². The summed E-state index contributed by atoms with van der Waals surface area (Å²) in [7, 11) is 3.82. The SMILES string of the molecule is CN(C)c1ccc(C=[NH+]NC(=O)C(=O)NN=C(N)N[N+](=O)[O-])cc1. The molecule has 12 nitrogen and oxygen atoms in total. The number of hydrazone groups is 2. The van der Waals surface area contributed by atoms with Crippen molar-refractivity contribution in [3.8, 4) is 0 Å². The highest BCUT2D eigenvalue weighted by atomic mass is 16.7. The summed E-state index contributed by atoms with van der Waals surface area (Å²) in [5, 5.41) is 14.6. The van der Waals surface area contributed by atoms with Crippen molar-refractivity contribution in [3.63, 3.8) is 0 Å². The first kappa shape index (κ1) is 18.3. The molecule has 0 spiro atoms. The highest BCUT2D eigenvalue weighted by molar-refractivity contribution is 6.34. The second-order valence-corrected chi connectivity index (χ2v) is 4.54. The van der Waals surface area contributed by atoms with Crippen LogP contribution in [0.4, 0.5) is 5.69 Å². The Balaban J connectivity index is 2.49. The highest BCUT2D eigenvalue weighted by Crippen LogP contribution is 2.10. The predicted molar refractivity (Wildman–Crippen MR) is 84.9 cm³/mol. The Morgan fingerprint density at radius 3 is 2.46 bits per heavy atom. The summed E-state index contributed by atoms with van der Waals surface area (Å²) in [6.07, 6.45) is 1.47. The molecule has 0 heterocycles. The first-order chi connectivity index (χ1) is 11.3. The van der Waals surface area contributed by atoms with Gasteiger partial charge in [-0.1, -0.05) is 5.43 Å².